The fourth-order valence-electron chi connectivity index (χ4n) is 4.58. The van der Waals surface area contributed by atoms with Gasteiger partial charge in [0, 0.05) is 38.1 Å². The summed E-state index contributed by atoms with van der Waals surface area (Å²) in [6, 6.07) is 12.6. The van der Waals surface area contributed by atoms with Crippen molar-refractivity contribution < 1.29 is 4.79 Å². The highest BCUT2D eigenvalue weighted by Gasteiger charge is 2.49. The lowest BCUT2D eigenvalue weighted by Crippen LogP contribution is -2.43. The Morgan fingerprint density at radius 1 is 1.27 bits per heavy atom. The van der Waals surface area contributed by atoms with Crippen LogP contribution in [-0.4, -0.2) is 40.2 Å². The van der Waals surface area contributed by atoms with Gasteiger partial charge in [-0.05, 0) is 42.7 Å². The lowest BCUT2D eigenvalue weighted by Gasteiger charge is -2.43. The average molecular weight is 352 g/mol. The lowest BCUT2D eigenvalue weighted by molar-refractivity contribution is -0.122. The third-order valence-electron chi connectivity index (χ3n) is 6.25. The number of rotatable bonds is 6. The molecule has 2 aliphatic rings. The first kappa shape index (κ1) is 17.3. The van der Waals surface area contributed by atoms with Gasteiger partial charge >= 0.3 is 0 Å². The van der Waals surface area contributed by atoms with Crippen molar-refractivity contribution in [1.29, 1.82) is 0 Å². The molecule has 1 N–H and O–H groups in total. The normalized spacial score (nSPS) is 21.7. The van der Waals surface area contributed by atoms with Crippen LogP contribution in [0, 0.1) is 18.3 Å². The average Bonchev–Trinajstić information content (AvgIpc) is 3.17. The van der Waals surface area contributed by atoms with Crippen molar-refractivity contribution in [1.82, 2.24) is 20.0 Å². The first-order chi connectivity index (χ1) is 12.6. The van der Waals surface area contributed by atoms with Crippen LogP contribution < -0.4 is 5.32 Å². The van der Waals surface area contributed by atoms with Crippen LogP contribution >= 0.6 is 0 Å². The number of hydrogen-bond acceptors (Lipinski definition) is 3. The highest BCUT2D eigenvalue weighted by molar-refractivity contribution is 5.75. The molecule has 1 atom stereocenters. The van der Waals surface area contributed by atoms with Crippen LogP contribution in [0.15, 0.2) is 42.6 Å². The quantitative estimate of drug-likeness (QED) is 0.869. The van der Waals surface area contributed by atoms with Crippen molar-refractivity contribution >= 4 is 5.91 Å². The van der Waals surface area contributed by atoms with E-state index in [1.54, 1.807) is 10.9 Å². The van der Waals surface area contributed by atoms with Gasteiger partial charge in [-0.3, -0.25) is 14.4 Å². The first-order valence-electron chi connectivity index (χ1n) is 9.66. The molecule has 1 aromatic carbocycles. The van der Waals surface area contributed by atoms with Gasteiger partial charge in [-0.2, -0.15) is 5.10 Å². The molecule has 1 saturated heterocycles. The summed E-state index contributed by atoms with van der Waals surface area (Å²) in [6.07, 6.45) is 5.68. The maximum atomic E-state index is 12.3. The van der Waals surface area contributed by atoms with E-state index in [-0.39, 0.29) is 5.91 Å². The second-order valence-corrected chi connectivity index (χ2v) is 8.00. The Hall–Kier alpha value is -2.14. The van der Waals surface area contributed by atoms with Crippen molar-refractivity contribution in [3.05, 3.63) is 53.9 Å². The molecule has 0 radical (unpaired) electrons. The van der Waals surface area contributed by atoms with Crippen LogP contribution in [-0.2, 0) is 17.9 Å². The highest BCUT2D eigenvalue weighted by atomic mass is 16.2. The second kappa shape index (κ2) is 7.23. The van der Waals surface area contributed by atoms with E-state index in [1.165, 1.54) is 31.4 Å². The molecule has 1 amide bonds. The van der Waals surface area contributed by atoms with E-state index in [1.807, 2.05) is 13.0 Å². The smallest absolute Gasteiger partial charge is 0.241 e. The van der Waals surface area contributed by atoms with Gasteiger partial charge in [0.2, 0.25) is 5.91 Å². The number of likely N-dealkylation sites (tertiary alicyclic amines) is 1. The van der Waals surface area contributed by atoms with E-state index in [9.17, 15) is 4.79 Å². The Kier molecular flexibility index (Phi) is 4.81. The Morgan fingerprint density at radius 2 is 2.08 bits per heavy atom. The molecule has 2 fully saturated rings. The summed E-state index contributed by atoms with van der Waals surface area (Å²) >= 11 is 0. The van der Waals surface area contributed by atoms with E-state index in [0.717, 1.165) is 25.3 Å². The molecule has 1 aliphatic heterocycles. The maximum Gasteiger partial charge on any atom is 0.241 e. The minimum Gasteiger partial charge on any atom is -0.354 e. The number of aromatic nitrogens is 2. The van der Waals surface area contributed by atoms with E-state index >= 15 is 0 Å². The van der Waals surface area contributed by atoms with E-state index in [2.05, 4.69) is 45.6 Å². The van der Waals surface area contributed by atoms with Crippen molar-refractivity contribution in [2.45, 2.75) is 39.3 Å². The van der Waals surface area contributed by atoms with Gasteiger partial charge in [-0.1, -0.05) is 36.8 Å². The van der Waals surface area contributed by atoms with Gasteiger partial charge in [0.25, 0.3) is 0 Å². The maximum absolute atomic E-state index is 12.3. The molecule has 1 saturated carbocycles. The zero-order valence-corrected chi connectivity index (χ0v) is 15.5. The minimum atomic E-state index is 0.0628. The second-order valence-electron chi connectivity index (χ2n) is 8.00. The molecule has 4 rings (SSSR count). The topological polar surface area (TPSA) is 50.2 Å². The third-order valence-corrected chi connectivity index (χ3v) is 6.25. The summed E-state index contributed by atoms with van der Waals surface area (Å²) in [5.41, 5.74) is 2.82. The molecule has 138 valence electrons. The highest BCUT2D eigenvalue weighted by Crippen LogP contribution is 2.51. The Labute approximate surface area is 155 Å². The number of aryl methyl sites for hydroxylation is 1. The summed E-state index contributed by atoms with van der Waals surface area (Å²) < 4.78 is 1.75. The van der Waals surface area contributed by atoms with E-state index in [4.69, 9.17) is 0 Å². The first-order valence-corrected chi connectivity index (χ1v) is 9.66. The largest absolute Gasteiger partial charge is 0.354 e. The minimum absolute atomic E-state index is 0.0628. The monoisotopic (exact) mass is 352 g/mol. The fraction of sp³-hybridized carbons (Fsp3) is 0.524. The molecule has 2 heterocycles. The zero-order chi connectivity index (χ0) is 18.0. The molecule has 5 heteroatoms. The Bertz CT molecular complexity index is 750. The number of carbonyl (C=O) groups excluding carboxylic acids is 1. The van der Waals surface area contributed by atoms with Crippen molar-refractivity contribution in [3.8, 4) is 0 Å². The SMILES string of the molecule is Cc1ccnn1CC(=O)NCC1CN(Cc2ccccc2)CC12CCC2. The van der Waals surface area contributed by atoms with Gasteiger partial charge in [-0.25, -0.2) is 0 Å². The van der Waals surface area contributed by atoms with Gasteiger partial charge in [0.15, 0.2) is 0 Å². The molecule has 5 nitrogen and oxygen atoms in total. The molecule has 1 aliphatic carbocycles. The van der Waals surface area contributed by atoms with Gasteiger partial charge in [0.05, 0.1) is 0 Å². The molecule has 26 heavy (non-hydrogen) atoms. The predicted octanol–water partition coefficient (Wildman–Crippen LogP) is 2.61. The van der Waals surface area contributed by atoms with Gasteiger partial charge < -0.3 is 5.32 Å². The summed E-state index contributed by atoms with van der Waals surface area (Å²) in [4.78, 5) is 14.9. The molecule has 1 spiro atoms. The third kappa shape index (κ3) is 3.54. The van der Waals surface area contributed by atoms with E-state index in [0.29, 0.717) is 17.9 Å². The van der Waals surface area contributed by atoms with Crippen LogP contribution in [0.5, 0.6) is 0 Å². The van der Waals surface area contributed by atoms with Gasteiger partial charge in [-0.15, -0.1) is 0 Å². The van der Waals surface area contributed by atoms with Gasteiger partial charge in [0.1, 0.15) is 6.54 Å². The molecular weight excluding hydrogens is 324 g/mol. The van der Waals surface area contributed by atoms with Crippen LogP contribution in [0.25, 0.3) is 0 Å². The van der Waals surface area contributed by atoms with Crippen molar-refractivity contribution in [2.24, 2.45) is 11.3 Å². The Morgan fingerprint density at radius 3 is 2.73 bits per heavy atom. The number of hydrogen-bond donors (Lipinski definition) is 1. The number of nitrogens with one attached hydrogen (secondary N) is 1. The lowest BCUT2D eigenvalue weighted by atomic mass is 9.63. The number of nitrogens with zero attached hydrogens (tertiary/aromatic N) is 3. The van der Waals surface area contributed by atoms with Crippen molar-refractivity contribution in [3.63, 3.8) is 0 Å². The van der Waals surface area contributed by atoms with Crippen LogP contribution in [0.1, 0.15) is 30.5 Å². The molecule has 1 unspecified atom stereocenters. The Balaban J connectivity index is 1.33. The number of benzene rings is 1. The standard InChI is InChI=1S/C21H28N4O/c1-17-8-11-23-25(17)15-20(26)22-12-19-14-24(16-21(19)9-5-10-21)13-18-6-3-2-4-7-18/h2-4,6-8,11,19H,5,9-10,12-16H2,1H3,(H,22,26). The zero-order valence-electron chi connectivity index (χ0n) is 15.5. The summed E-state index contributed by atoms with van der Waals surface area (Å²) in [5.74, 6) is 0.621. The predicted molar refractivity (Wildman–Crippen MR) is 101 cm³/mol. The summed E-state index contributed by atoms with van der Waals surface area (Å²) in [6.45, 7) is 6.33. The number of carbonyl (C=O) groups is 1. The molecule has 2 aromatic rings. The van der Waals surface area contributed by atoms with Crippen LogP contribution in [0.3, 0.4) is 0 Å². The molecule has 0 bridgehead atoms. The van der Waals surface area contributed by atoms with Crippen LogP contribution in [0.4, 0.5) is 0 Å². The van der Waals surface area contributed by atoms with Crippen LogP contribution in [0.2, 0.25) is 0 Å². The number of amides is 1. The van der Waals surface area contributed by atoms with E-state index < -0.39 is 0 Å². The summed E-state index contributed by atoms with van der Waals surface area (Å²) in [5, 5.41) is 7.37. The van der Waals surface area contributed by atoms with Crippen molar-refractivity contribution in [2.75, 3.05) is 19.6 Å². The fourth-order valence-corrected chi connectivity index (χ4v) is 4.58. The molecule has 1 aromatic heterocycles. The summed E-state index contributed by atoms with van der Waals surface area (Å²) in [7, 11) is 0. The molecular formula is C21H28N4O.